The minimum absolute atomic E-state index is 0. The van der Waals surface area contributed by atoms with Crippen molar-refractivity contribution in [1.29, 1.82) is 0 Å². The summed E-state index contributed by atoms with van der Waals surface area (Å²) in [6.07, 6.45) is 0. The predicted octanol–water partition coefficient (Wildman–Crippen LogP) is -3.60. The molecule has 5 nitrogen and oxygen atoms in total. The third kappa shape index (κ3) is 125. The average Bonchev–Trinajstić information content (AvgIpc) is 0.722. The Labute approximate surface area is 126 Å². The van der Waals surface area contributed by atoms with Crippen molar-refractivity contribution in [2.24, 2.45) is 0 Å². The molecule has 0 rings (SSSR count). The van der Waals surface area contributed by atoms with Crippen LogP contribution >= 0.6 is 0 Å². The normalized spacial score (nSPS) is 6.00. The summed E-state index contributed by atoms with van der Waals surface area (Å²) in [7, 11) is -4.61. The molecule has 0 aliphatic rings. The fourth-order valence-corrected chi connectivity index (χ4v) is 0. The van der Waals surface area contributed by atoms with Crippen LogP contribution in [0.1, 0.15) is 2.85 Å². The van der Waals surface area contributed by atoms with Crippen molar-refractivity contribution < 1.29 is 81.1 Å². The Hall–Kier alpha value is 2.94. The fraction of sp³-hybridized carbons (Fsp3) is 0. The van der Waals surface area contributed by atoms with E-state index in [1.807, 2.05) is 0 Å². The molecule has 10 heavy (non-hydrogen) atoms. The summed E-state index contributed by atoms with van der Waals surface area (Å²) in [5.41, 5.74) is 0. The van der Waals surface area contributed by atoms with E-state index in [1.165, 1.54) is 0 Å². The summed E-state index contributed by atoms with van der Waals surface area (Å²) in [6.45, 7) is 0. The Balaban J connectivity index is -0.00000000381. The summed E-state index contributed by atoms with van der Waals surface area (Å²) < 4.78 is 0. The van der Waals surface area contributed by atoms with E-state index >= 15 is 0 Å². The van der Waals surface area contributed by atoms with E-state index in [0.717, 1.165) is 0 Å². The summed E-state index contributed by atoms with van der Waals surface area (Å²) in [4.78, 5) is 29.3. The van der Waals surface area contributed by atoms with E-state index in [2.05, 4.69) is 0 Å². The zero-order valence-corrected chi connectivity index (χ0v) is 13.4. The van der Waals surface area contributed by atoms with Gasteiger partial charge in [0.25, 0.3) is 0 Å². The third-order valence-corrected chi connectivity index (χ3v) is 0. The molecule has 0 heterocycles. The van der Waals surface area contributed by atoms with Crippen LogP contribution in [0.5, 0.6) is 0 Å². The first-order valence-electron chi connectivity index (χ1n) is 0.894. The van der Waals surface area contributed by atoms with Crippen molar-refractivity contribution in [3.8, 4) is 0 Å². The Bertz CT molecular complexity index is 44.9. The molecule has 1 radical (unpaired) electrons. The number of rotatable bonds is 0. The van der Waals surface area contributed by atoms with Gasteiger partial charge in [-0.1, -0.05) is 0 Å². The molecule has 0 saturated carbocycles. The van der Waals surface area contributed by atoms with Crippen molar-refractivity contribution in [1.82, 2.24) is 0 Å². The van der Waals surface area contributed by atoms with Gasteiger partial charge in [-0.15, -0.1) is 0 Å². The summed E-state index contributed by atoms with van der Waals surface area (Å²) in [6, 6.07) is 0. The van der Waals surface area contributed by atoms with Crippen LogP contribution in [0, 0.1) is 0 Å². The molecular formula is H8CaFeMnO5SiZn. The molecule has 0 aromatic heterocycles. The molecule has 0 bridgehead atoms. The molecule has 0 unspecified atom stereocenters. The molecular weight excluding hydrogens is 324 g/mol. The number of hydrogen-bond donors (Lipinski definition) is 4. The molecule has 0 aliphatic heterocycles. The second-order valence-electron chi connectivity index (χ2n) is 0.600. The maximum Gasteiger partial charge on any atom is 2.00 e. The first-order valence-corrected chi connectivity index (χ1v) is 2.68. The van der Waals surface area contributed by atoms with E-state index in [1.54, 1.807) is 0 Å². The van der Waals surface area contributed by atoms with Gasteiger partial charge in [-0.2, -0.15) is 0 Å². The molecule has 0 aromatic carbocycles. The van der Waals surface area contributed by atoms with Gasteiger partial charge in [-0.3, -0.25) is 0 Å². The second-order valence-corrected chi connectivity index (χ2v) is 1.80. The van der Waals surface area contributed by atoms with E-state index in [9.17, 15) is 0 Å². The zero-order chi connectivity index (χ0) is 4.50. The van der Waals surface area contributed by atoms with Gasteiger partial charge in [-0.25, -0.2) is 0 Å². The van der Waals surface area contributed by atoms with Gasteiger partial charge in [0.1, 0.15) is 0 Å². The van der Waals surface area contributed by atoms with Crippen molar-refractivity contribution in [3.63, 3.8) is 0 Å². The molecule has 10 heteroatoms. The number of hydrogen-bond acceptors (Lipinski definition) is 4. The molecule has 0 aliphatic carbocycles. The van der Waals surface area contributed by atoms with Crippen molar-refractivity contribution in [2.75, 3.05) is 0 Å². The molecule has 61 valence electrons. The van der Waals surface area contributed by atoms with Gasteiger partial charge in [0.15, 0.2) is 0 Å². The summed E-state index contributed by atoms with van der Waals surface area (Å²) in [5.74, 6) is 0. The topological polar surface area (TPSA) is 112 Å². The van der Waals surface area contributed by atoms with Crippen LogP contribution in [0.2, 0.25) is 0 Å². The third-order valence-electron chi connectivity index (χ3n) is 0. The van der Waals surface area contributed by atoms with Gasteiger partial charge in [0.2, 0.25) is 0 Å². The zero-order valence-electron chi connectivity index (χ0n) is 6.93. The largest absolute Gasteiger partial charge is 2.00 e. The first kappa shape index (κ1) is 38.3. The Morgan fingerprint density at radius 3 is 1.00 bits per heavy atom. The van der Waals surface area contributed by atoms with Gasteiger partial charge in [0, 0.05) is 53.6 Å². The standard InChI is InChI=1S/Ca.Fe.Mn.H4O4Si.H2O.Zn.2H/c;;;1-5(2,3)4;;;;/h;;;1-4H;1H2;;;/q+2;;;;;;2*-1. The van der Waals surface area contributed by atoms with E-state index in [-0.39, 0.29) is 99.7 Å². The molecule has 0 spiro atoms. The average molecular weight is 332 g/mol. The predicted molar refractivity (Wildman–Crippen MR) is 26.2 cm³/mol. The van der Waals surface area contributed by atoms with Crippen LogP contribution in [0.25, 0.3) is 0 Å². The van der Waals surface area contributed by atoms with Crippen LogP contribution < -0.4 is 0 Å². The van der Waals surface area contributed by atoms with E-state index in [0.29, 0.717) is 0 Å². The second kappa shape index (κ2) is 17.9. The van der Waals surface area contributed by atoms with Gasteiger partial charge in [-0.05, 0) is 0 Å². The van der Waals surface area contributed by atoms with Crippen LogP contribution in [-0.4, -0.2) is 71.4 Å². The minimum Gasteiger partial charge on any atom is -1.00 e. The summed E-state index contributed by atoms with van der Waals surface area (Å²) >= 11 is 0. The van der Waals surface area contributed by atoms with Gasteiger partial charge >= 0.3 is 46.8 Å². The van der Waals surface area contributed by atoms with Crippen LogP contribution in [0.3, 0.4) is 0 Å². The maximum absolute atomic E-state index is 7.33. The minimum atomic E-state index is -4.61. The van der Waals surface area contributed by atoms with Crippen LogP contribution in [0.15, 0.2) is 0 Å². The smallest absolute Gasteiger partial charge is 1.00 e. The fourth-order valence-electron chi connectivity index (χ4n) is 0. The van der Waals surface area contributed by atoms with Crippen LogP contribution in [0.4, 0.5) is 0 Å². The van der Waals surface area contributed by atoms with Crippen molar-refractivity contribution >= 4 is 46.8 Å². The SMILES string of the molecule is O.O[Si](O)(O)O.[Ca+2].[Fe].[H-].[H-].[Mn].[Zn]. The Morgan fingerprint density at radius 2 is 1.00 bits per heavy atom. The van der Waals surface area contributed by atoms with Gasteiger partial charge < -0.3 is 27.5 Å². The molecule has 0 aromatic rings. The van der Waals surface area contributed by atoms with E-state index < -0.39 is 9.05 Å². The Kier molecular flexibility index (Phi) is 68.5. The van der Waals surface area contributed by atoms with Gasteiger partial charge in [0.05, 0.1) is 0 Å². The molecule has 6 N–H and O–H groups in total. The molecule has 0 saturated heterocycles. The molecule has 0 fully saturated rings. The molecule has 0 amide bonds. The Morgan fingerprint density at radius 1 is 1.00 bits per heavy atom. The van der Waals surface area contributed by atoms with Crippen LogP contribution in [-0.2, 0) is 53.6 Å². The monoisotopic (exact) mass is 331 g/mol. The first-order chi connectivity index (χ1) is 2.00. The van der Waals surface area contributed by atoms with E-state index in [4.69, 9.17) is 19.2 Å². The van der Waals surface area contributed by atoms with Crippen molar-refractivity contribution in [2.45, 2.75) is 0 Å². The molecule has 0 atom stereocenters. The summed E-state index contributed by atoms with van der Waals surface area (Å²) in [5, 5.41) is 0. The van der Waals surface area contributed by atoms with Crippen molar-refractivity contribution in [3.05, 3.63) is 0 Å². The maximum atomic E-state index is 7.33. The quantitative estimate of drug-likeness (QED) is 0.343.